The number of rotatable bonds is 2. The summed E-state index contributed by atoms with van der Waals surface area (Å²) in [5, 5.41) is 0. The van der Waals surface area contributed by atoms with E-state index in [-0.39, 0.29) is 0 Å². The molecule has 2 aliphatic rings. The lowest BCUT2D eigenvalue weighted by Crippen LogP contribution is -2.30. The van der Waals surface area contributed by atoms with E-state index < -0.39 is 0 Å². The number of nitrogen functional groups attached to an aromatic ring is 2. The van der Waals surface area contributed by atoms with Gasteiger partial charge in [-0.1, -0.05) is 6.07 Å². The summed E-state index contributed by atoms with van der Waals surface area (Å²) in [6.45, 7) is 0. The van der Waals surface area contributed by atoms with Crippen LogP contribution in [0.1, 0.15) is 57.8 Å². The molecule has 130 valence electrons. The lowest BCUT2D eigenvalue weighted by atomic mass is 9.76. The molecule has 2 saturated carbocycles. The van der Waals surface area contributed by atoms with Crippen LogP contribution in [-0.2, 0) is 0 Å². The van der Waals surface area contributed by atoms with Crippen LogP contribution in [0.15, 0.2) is 24.3 Å². The molecule has 0 bridgehead atoms. The zero-order chi connectivity index (χ0) is 16.7. The van der Waals surface area contributed by atoms with Gasteiger partial charge in [-0.15, -0.1) is 0 Å². The van der Waals surface area contributed by atoms with Gasteiger partial charge in [0.2, 0.25) is 0 Å². The first-order chi connectivity index (χ1) is 11.0. The van der Waals surface area contributed by atoms with E-state index in [0.29, 0.717) is 23.5 Å². The molecule has 1 aromatic carbocycles. The third-order valence-corrected chi connectivity index (χ3v) is 5.36. The minimum absolute atomic E-state index is 0.501. The summed E-state index contributed by atoms with van der Waals surface area (Å²) in [5.41, 5.74) is 24.0. The predicted octanol–water partition coefficient (Wildman–Crippen LogP) is 3.26. The fourth-order valence-corrected chi connectivity index (χ4v) is 3.88. The van der Waals surface area contributed by atoms with Gasteiger partial charge in [0.15, 0.2) is 0 Å². The van der Waals surface area contributed by atoms with Crippen LogP contribution < -0.4 is 22.9 Å². The minimum atomic E-state index is 0.501. The topological polar surface area (TPSA) is 104 Å². The van der Waals surface area contributed by atoms with Gasteiger partial charge in [0, 0.05) is 23.5 Å². The average molecular weight is 319 g/mol. The second-order valence-corrected chi connectivity index (χ2v) is 7.47. The molecule has 0 spiro atoms. The Morgan fingerprint density at radius 1 is 0.696 bits per heavy atom. The molecule has 1 aromatic rings. The molecule has 0 heterocycles. The first kappa shape index (κ1) is 18.1. The van der Waals surface area contributed by atoms with Gasteiger partial charge >= 0.3 is 0 Å². The van der Waals surface area contributed by atoms with Crippen molar-refractivity contribution in [1.82, 2.24) is 0 Å². The number of hydrogen-bond donors (Lipinski definition) is 4. The molecule has 23 heavy (non-hydrogen) atoms. The second kappa shape index (κ2) is 9.14. The number of benzene rings is 1. The molecule has 4 heteroatoms. The van der Waals surface area contributed by atoms with Crippen LogP contribution >= 0.6 is 0 Å². The van der Waals surface area contributed by atoms with Crippen LogP contribution in [0.5, 0.6) is 0 Å². The molecule has 0 aromatic heterocycles. The molecule has 2 aliphatic carbocycles. The van der Waals surface area contributed by atoms with Gasteiger partial charge in [0.25, 0.3) is 0 Å². The highest BCUT2D eigenvalue weighted by atomic mass is 14.6. The Bertz CT molecular complexity index is 409. The molecule has 0 aliphatic heterocycles. The Balaban J connectivity index is 0.000000203. The third kappa shape index (κ3) is 6.80. The summed E-state index contributed by atoms with van der Waals surface area (Å²) < 4.78 is 0. The van der Waals surface area contributed by atoms with Crippen molar-refractivity contribution in [1.29, 1.82) is 0 Å². The first-order valence-corrected chi connectivity index (χ1v) is 9.15. The first-order valence-electron chi connectivity index (χ1n) is 9.15. The van der Waals surface area contributed by atoms with Crippen LogP contribution in [-0.4, -0.2) is 12.1 Å². The quantitative estimate of drug-likeness (QED) is 0.628. The van der Waals surface area contributed by atoms with Crippen molar-refractivity contribution in [3.8, 4) is 0 Å². The lowest BCUT2D eigenvalue weighted by molar-refractivity contribution is 0.225. The van der Waals surface area contributed by atoms with E-state index in [1.54, 1.807) is 18.2 Å². The SMILES string of the molecule is NC1CCC(CC2CCC(N)CC2)CC1.Nc1cccc(N)c1. The van der Waals surface area contributed by atoms with Gasteiger partial charge in [0.05, 0.1) is 0 Å². The molecule has 4 nitrogen and oxygen atoms in total. The molecule has 0 amide bonds. The summed E-state index contributed by atoms with van der Waals surface area (Å²) >= 11 is 0. The smallest absolute Gasteiger partial charge is 0.0334 e. The Labute approximate surface area is 141 Å². The van der Waals surface area contributed by atoms with E-state index in [1.165, 1.54) is 57.8 Å². The molecular formula is C19H34N4. The predicted molar refractivity (Wildman–Crippen MR) is 99.8 cm³/mol. The fourth-order valence-electron chi connectivity index (χ4n) is 3.88. The van der Waals surface area contributed by atoms with Crippen LogP contribution in [0.2, 0.25) is 0 Å². The largest absolute Gasteiger partial charge is 0.399 e. The van der Waals surface area contributed by atoms with Crippen LogP contribution in [0.25, 0.3) is 0 Å². The molecule has 0 radical (unpaired) electrons. The van der Waals surface area contributed by atoms with Gasteiger partial charge in [-0.3, -0.25) is 0 Å². The highest BCUT2D eigenvalue weighted by Gasteiger charge is 2.24. The lowest BCUT2D eigenvalue weighted by Gasteiger charge is -2.32. The fraction of sp³-hybridized carbons (Fsp3) is 0.684. The zero-order valence-electron chi connectivity index (χ0n) is 14.3. The Hall–Kier alpha value is -1.26. The monoisotopic (exact) mass is 318 g/mol. The van der Waals surface area contributed by atoms with Gasteiger partial charge in [0.1, 0.15) is 0 Å². The maximum Gasteiger partial charge on any atom is 0.0334 e. The van der Waals surface area contributed by atoms with Crippen LogP contribution in [0, 0.1) is 11.8 Å². The molecule has 0 atom stereocenters. The van der Waals surface area contributed by atoms with Gasteiger partial charge in [-0.25, -0.2) is 0 Å². The molecule has 0 saturated heterocycles. The second-order valence-electron chi connectivity index (χ2n) is 7.47. The van der Waals surface area contributed by atoms with Crippen LogP contribution in [0.4, 0.5) is 11.4 Å². The van der Waals surface area contributed by atoms with Crippen molar-refractivity contribution in [2.75, 3.05) is 11.5 Å². The summed E-state index contributed by atoms with van der Waals surface area (Å²) in [6, 6.07) is 8.15. The number of hydrogen-bond acceptors (Lipinski definition) is 4. The van der Waals surface area contributed by atoms with E-state index in [4.69, 9.17) is 22.9 Å². The van der Waals surface area contributed by atoms with Gasteiger partial charge in [-0.05, 0) is 87.8 Å². The molecule has 0 unspecified atom stereocenters. The molecule has 3 rings (SSSR count). The van der Waals surface area contributed by atoms with Crippen LogP contribution in [0.3, 0.4) is 0 Å². The van der Waals surface area contributed by atoms with Crippen molar-refractivity contribution in [2.45, 2.75) is 69.9 Å². The van der Waals surface area contributed by atoms with Crippen molar-refractivity contribution in [3.05, 3.63) is 24.3 Å². The van der Waals surface area contributed by atoms with E-state index in [0.717, 1.165) is 11.8 Å². The van der Waals surface area contributed by atoms with Crippen molar-refractivity contribution in [2.24, 2.45) is 23.3 Å². The molecular weight excluding hydrogens is 284 g/mol. The zero-order valence-corrected chi connectivity index (χ0v) is 14.3. The molecule has 2 fully saturated rings. The van der Waals surface area contributed by atoms with Crippen molar-refractivity contribution in [3.63, 3.8) is 0 Å². The summed E-state index contributed by atoms with van der Waals surface area (Å²) in [6.07, 6.45) is 12.0. The summed E-state index contributed by atoms with van der Waals surface area (Å²) in [5.74, 6) is 1.95. The summed E-state index contributed by atoms with van der Waals surface area (Å²) in [7, 11) is 0. The highest BCUT2D eigenvalue weighted by Crippen LogP contribution is 2.34. The highest BCUT2D eigenvalue weighted by molar-refractivity contribution is 5.50. The average Bonchev–Trinajstić information content (AvgIpc) is 2.52. The summed E-state index contributed by atoms with van der Waals surface area (Å²) in [4.78, 5) is 0. The molecule has 8 N–H and O–H groups in total. The van der Waals surface area contributed by atoms with E-state index in [9.17, 15) is 0 Å². The van der Waals surface area contributed by atoms with Crippen molar-refractivity contribution < 1.29 is 0 Å². The van der Waals surface area contributed by atoms with E-state index in [1.807, 2.05) is 6.07 Å². The standard InChI is InChI=1S/C13H26N2.C6H8N2/c14-12-5-1-10(2-6-12)9-11-3-7-13(15)8-4-11;7-5-2-1-3-6(8)4-5/h10-13H,1-9,14-15H2;1-4H,7-8H2. The maximum atomic E-state index is 5.93. The Morgan fingerprint density at radius 2 is 1.09 bits per heavy atom. The van der Waals surface area contributed by atoms with Gasteiger partial charge < -0.3 is 22.9 Å². The third-order valence-electron chi connectivity index (χ3n) is 5.36. The number of nitrogens with two attached hydrogens (primary N) is 4. The van der Waals surface area contributed by atoms with E-state index >= 15 is 0 Å². The Morgan fingerprint density at radius 3 is 1.39 bits per heavy atom. The van der Waals surface area contributed by atoms with Crippen molar-refractivity contribution >= 4 is 11.4 Å². The normalized spacial score (nSPS) is 31.0. The maximum absolute atomic E-state index is 5.93. The Kier molecular flexibility index (Phi) is 7.18. The number of anilines is 2. The van der Waals surface area contributed by atoms with Gasteiger partial charge in [-0.2, -0.15) is 0 Å². The minimum Gasteiger partial charge on any atom is -0.399 e. The van der Waals surface area contributed by atoms with E-state index in [2.05, 4.69) is 0 Å².